The maximum absolute atomic E-state index is 6.86. The molecule has 0 saturated carbocycles. The van der Waals surface area contributed by atoms with E-state index in [1.165, 1.54) is 21.5 Å². The Morgan fingerprint density at radius 3 is 0.986 bits per heavy atom. The summed E-state index contributed by atoms with van der Waals surface area (Å²) in [5, 5.41) is 8.65. The molecule has 74 heavy (non-hydrogen) atoms. The Morgan fingerprint density at radius 1 is 0.230 bits per heavy atom. The summed E-state index contributed by atoms with van der Waals surface area (Å²) in [5.41, 5.74) is 15.5. The molecule has 2 aliphatic rings. The molecule has 0 spiro atoms. The lowest BCUT2D eigenvalue weighted by Crippen LogP contribution is -2.16. The standard InChI is InChI=1S/C66H38N4O4/c1-5-23-51-43(19-1)44-20-2-6-24-52(44)67(51)39-15-13-17-41(31-39)69-55-27-9-11-29-59(55)71-65-35-49-47-33-62-48(34-61(47)73-63(49)37-57(65)69)50-36-66-58(38-64(50)74-62)70(56-28-10-12-30-60(56)72-66)42-18-14-16-40(32-42)68-53-25-7-3-21-45(53)46-22-4-8-26-54(46)68/h1-38H. The van der Waals surface area contributed by atoms with Crippen molar-refractivity contribution in [2.24, 2.45) is 0 Å². The molecule has 0 atom stereocenters. The number of para-hydroxylation sites is 8. The van der Waals surface area contributed by atoms with E-state index in [-0.39, 0.29) is 0 Å². The van der Waals surface area contributed by atoms with E-state index in [9.17, 15) is 0 Å². The first-order chi connectivity index (χ1) is 36.7. The highest BCUT2D eigenvalue weighted by atomic mass is 16.5. The van der Waals surface area contributed by atoms with Crippen molar-refractivity contribution < 1.29 is 18.3 Å². The smallest absolute Gasteiger partial charge is 0.152 e. The van der Waals surface area contributed by atoms with E-state index >= 15 is 0 Å². The lowest BCUT2D eigenvalue weighted by atomic mass is 10.0. The van der Waals surface area contributed by atoms with E-state index in [0.29, 0.717) is 0 Å². The third kappa shape index (κ3) is 5.50. The van der Waals surface area contributed by atoms with Gasteiger partial charge in [0, 0.05) is 78.0 Å². The number of hydrogen-bond donors (Lipinski definition) is 0. The van der Waals surface area contributed by atoms with Crippen molar-refractivity contribution in [1.29, 1.82) is 0 Å². The molecule has 0 N–H and O–H groups in total. The van der Waals surface area contributed by atoms with Crippen LogP contribution in [0.5, 0.6) is 23.0 Å². The molecule has 0 amide bonds. The average Bonchev–Trinajstić information content (AvgIpc) is 4.19. The molecule has 346 valence electrons. The van der Waals surface area contributed by atoms with Gasteiger partial charge in [-0.2, -0.15) is 0 Å². The normalized spacial score (nSPS) is 13.0. The van der Waals surface area contributed by atoms with Crippen molar-refractivity contribution in [3.63, 3.8) is 0 Å². The van der Waals surface area contributed by atoms with Crippen LogP contribution in [0.4, 0.5) is 34.1 Å². The highest BCUT2D eigenvalue weighted by Gasteiger charge is 2.31. The van der Waals surface area contributed by atoms with E-state index in [1.807, 2.05) is 24.3 Å². The van der Waals surface area contributed by atoms with Crippen LogP contribution in [0.3, 0.4) is 0 Å². The minimum Gasteiger partial charge on any atom is -0.456 e. The molecule has 6 heterocycles. The minimum absolute atomic E-state index is 0.734. The molecule has 17 rings (SSSR count). The van der Waals surface area contributed by atoms with Crippen molar-refractivity contribution in [2.45, 2.75) is 0 Å². The van der Waals surface area contributed by atoms with Crippen molar-refractivity contribution >= 4 is 122 Å². The van der Waals surface area contributed by atoms with E-state index in [2.05, 4.69) is 225 Å². The Kier molecular flexibility index (Phi) is 7.85. The van der Waals surface area contributed by atoms with Crippen molar-refractivity contribution in [3.05, 3.63) is 231 Å². The van der Waals surface area contributed by atoms with Gasteiger partial charge in [-0.05, 0) is 109 Å². The summed E-state index contributed by atoms with van der Waals surface area (Å²) >= 11 is 0. The van der Waals surface area contributed by atoms with Gasteiger partial charge in [-0.1, -0.05) is 109 Å². The second kappa shape index (κ2) is 14.7. The lowest BCUT2D eigenvalue weighted by molar-refractivity contribution is 0.477. The van der Waals surface area contributed by atoms with Gasteiger partial charge in [0.25, 0.3) is 0 Å². The van der Waals surface area contributed by atoms with Crippen LogP contribution in [-0.2, 0) is 0 Å². The number of benzene rings is 11. The zero-order chi connectivity index (χ0) is 48.2. The van der Waals surface area contributed by atoms with E-state index in [0.717, 1.165) is 134 Å². The van der Waals surface area contributed by atoms with Crippen LogP contribution < -0.4 is 19.3 Å². The minimum atomic E-state index is 0.734. The quantitative estimate of drug-likeness (QED) is 0.175. The number of ether oxygens (including phenoxy) is 2. The fourth-order valence-corrected chi connectivity index (χ4v) is 12.0. The highest BCUT2D eigenvalue weighted by Crippen LogP contribution is 2.55. The molecule has 0 fully saturated rings. The molecule has 0 unspecified atom stereocenters. The summed E-state index contributed by atoms with van der Waals surface area (Å²) < 4.78 is 32.0. The molecule has 4 aromatic heterocycles. The van der Waals surface area contributed by atoms with Gasteiger partial charge in [-0.25, -0.2) is 0 Å². The van der Waals surface area contributed by atoms with Gasteiger partial charge in [0.1, 0.15) is 22.3 Å². The van der Waals surface area contributed by atoms with Crippen LogP contribution in [0.2, 0.25) is 0 Å². The summed E-state index contributed by atoms with van der Waals surface area (Å²) in [7, 11) is 0. The molecule has 8 heteroatoms. The predicted molar refractivity (Wildman–Crippen MR) is 299 cm³/mol. The van der Waals surface area contributed by atoms with Crippen LogP contribution in [0.15, 0.2) is 239 Å². The number of rotatable bonds is 4. The second-order valence-corrected chi connectivity index (χ2v) is 19.3. The molecule has 0 radical (unpaired) electrons. The zero-order valence-electron chi connectivity index (χ0n) is 39.4. The average molecular weight is 951 g/mol. The SMILES string of the molecule is c1cc(N2c3ccccc3Oc3cc4c(cc32)oc2cc3c(cc24)oc2cc4c(cc23)Oc2ccccc2N4c2cccc(-n3c4ccccc4c4ccccc43)c2)cc(-n2c3ccccc3c3ccccc32)c1. The fraction of sp³-hybridized carbons (Fsp3) is 0. The molecule has 0 aliphatic carbocycles. The van der Waals surface area contributed by atoms with E-state index in [4.69, 9.17) is 18.3 Å². The molecule has 8 nitrogen and oxygen atoms in total. The van der Waals surface area contributed by atoms with Gasteiger partial charge in [-0.3, -0.25) is 0 Å². The Morgan fingerprint density at radius 2 is 0.568 bits per heavy atom. The zero-order valence-corrected chi connectivity index (χ0v) is 39.4. The molecule has 11 aromatic carbocycles. The van der Waals surface area contributed by atoms with Crippen LogP contribution in [0, 0.1) is 0 Å². The summed E-state index contributed by atoms with van der Waals surface area (Å²) in [4.78, 5) is 4.56. The summed E-state index contributed by atoms with van der Waals surface area (Å²) in [6.07, 6.45) is 0. The van der Waals surface area contributed by atoms with Gasteiger partial charge >= 0.3 is 0 Å². The number of anilines is 6. The van der Waals surface area contributed by atoms with Gasteiger partial charge < -0.3 is 37.2 Å². The number of hydrogen-bond acceptors (Lipinski definition) is 6. The molecular formula is C66H38N4O4. The number of furan rings is 2. The number of aromatic nitrogens is 2. The van der Waals surface area contributed by atoms with Gasteiger partial charge in [-0.15, -0.1) is 0 Å². The largest absolute Gasteiger partial charge is 0.456 e. The highest BCUT2D eigenvalue weighted by molar-refractivity contribution is 6.17. The van der Waals surface area contributed by atoms with Crippen molar-refractivity contribution in [2.75, 3.05) is 9.80 Å². The van der Waals surface area contributed by atoms with Crippen molar-refractivity contribution in [1.82, 2.24) is 9.13 Å². The molecule has 2 aliphatic heterocycles. The van der Waals surface area contributed by atoms with Crippen LogP contribution in [0.25, 0.3) is 98.9 Å². The molecule has 15 aromatic rings. The second-order valence-electron chi connectivity index (χ2n) is 19.3. The molecule has 0 saturated heterocycles. The molecular weight excluding hydrogens is 913 g/mol. The third-order valence-corrected chi connectivity index (χ3v) is 15.2. The Bertz CT molecular complexity index is 4480. The Balaban J connectivity index is 0.793. The lowest BCUT2D eigenvalue weighted by Gasteiger charge is -2.33. The van der Waals surface area contributed by atoms with Crippen LogP contribution in [0.1, 0.15) is 0 Å². The van der Waals surface area contributed by atoms with Gasteiger partial charge in [0.2, 0.25) is 0 Å². The van der Waals surface area contributed by atoms with Crippen LogP contribution >= 0.6 is 0 Å². The first-order valence-corrected chi connectivity index (χ1v) is 24.9. The first-order valence-electron chi connectivity index (χ1n) is 24.9. The van der Waals surface area contributed by atoms with Crippen molar-refractivity contribution in [3.8, 4) is 34.4 Å². The van der Waals surface area contributed by atoms with Gasteiger partial charge in [0.05, 0.1) is 44.8 Å². The third-order valence-electron chi connectivity index (χ3n) is 15.2. The summed E-state index contributed by atoms with van der Waals surface area (Å²) in [5.74, 6) is 3.01. The predicted octanol–water partition coefficient (Wildman–Crippen LogP) is 18.8. The maximum Gasteiger partial charge on any atom is 0.152 e. The fourth-order valence-electron chi connectivity index (χ4n) is 12.0. The summed E-state index contributed by atoms with van der Waals surface area (Å²) in [6.45, 7) is 0. The number of nitrogens with zero attached hydrogens (tertiary/aromatic N) is 4. The van der Waals surface area contributed by atoms with Crippen LogP contribution in [-0.4, -0.2) is 9.13 Å². The maximum atomic E-state index is 6.86. The van der Waals surface area contributed by atoms with E-state index < -0.39 is 0 Å². The summed E-state index contributed by atoms with van der Waals surface area (Å²) in [6, 6.07) is 81.0. The topological polar surface area (TPSA) is 61.1 Å². The monoisotopic (exact) mass is 950 g/mol. The Hall–Kier alpha value is -10.2. The van der Waals surface area contributed by atoms with E-state index in [1.54, 1.807) is 0 Å². The first kappa shape index (κ1) is 39.5. The van der Waals surface area contributed by atoms with Gasteiger partial charge in [0.15, 0.2) is 23.0 Å². The number of fused-ring (bicyclic) bond motifs is 16. The Labute approximate surface area is 421 Å². The molecule has 0 bridgehead atoms.